The lowest BCUT2D eigenvalue weighted by molar-refractivity contribution is -0.137. The molecule has 0 aliphatic carbocycles. The third-order valence-corrected chi connectivity index (χ3v) is 20.1. The van der Waals surface area contributed by atoms with E-state index in [1.165, 1.54) is 18.2 Å². The number of carbonyl (C=O) groups excluding carboxylic acids is 4. The first-order valence-electron chi connectivity index (χ1n) is 30.3. The molecule has 4 atom stereocenters. The Hall–Kier alpha value is -6.96. The molecule has 21 nitrogen and oxygen atoms in total. The van der Waals surface area contributed by atoms with Gasteiger partial charge < -0.3 is 36.2 Å². The van der Waals surface area contributed by atoms with Crippen LogP contribution in [0.5, 0.6) is 0 Å². The van der Waals surface area contributed by atoms with Crippen molar-refractivity contribution in [2.24, 2.45) is 0 Å². The molecule has 24 heteroatoms. The van der Waals surface area contributed by atoms with Crippen molar-refractivity contribution < 1.29 is 68.0 Å². The number of anilines is 2. The lowest BCUT2D eigenvalue weighted by Crippen LogP contribution is -2.47. The minimum Gasteiger partial charge on any atom is -0.481 e. The van der Waals surface area contributed by atoms with Gasteiger partial charge in [0.2, 0.25) is 23.6 Å². The first-order chi connectivity index (χ1) is 41.6. The highest BCUT2D eigenvalue weighted by molar-refractivity contribution is 7.87. The molecule has 8 N–H and O–H groups in total. The molecule has 4 amide bonds. The number of carboxylic acids is 1. The molecule has 0 bridgehead atoms. The van der Waals surface area contributed by atoms with E-state index >= 15 is 0 Å². The molecule has 0 saturated heterocycles. The van der Waals surface area contributed by atoms with E-state index in [1.807, 2.05) is 63.3 Å². The van der Waals surface area contributed by atoms with Crippen LogP contribution in [0, 0.1) is 6.92 Å². The molecule has 4 aromatic carbocycles. The van der Waals surface area contributed by atoms with Crippen LogP contribution < -0.4 is 31.1 Å². The number of unbranched alkanes of at least 4 members (excludes halogenated alkanes) is 2. The van der Waals surface area contributed by atoms with Crippen molar-refractivity contribution in [3.8, 4) is 0 Å². The Bertz CT molecular complexity index is 3770. The quantitative estimate of drug-likeness (QED) is 0.0483. The Labute approximate surface area is 516 Å². The van der Waals surface area contributed by atoms with Gasteiger partial charge in [0.25, 0.3) is 30.4 Å². The number of nitrogens with zero attached hydrogens (tertiary/aromatic N) is 2. The lowest BCUT2D eigenvalue weighted by atomic mass is 9.74. The number of aliphatic carboxylic acids is 1. The Balaban J connectivity index is 1.22. The van der Waals surface area contributed by atoms with Crippen LogP contribution in [0.3, 0.4) is 0 Å². The van der Waals surface area contributed by atoms with E-state index < -0.39 is 63.0 Å². The molecule has 0 aromatic heterocycles. The van der Waals surface area contributed by atoms with E-state index in [0.717, 1.165) is 33.8 Å². The van der Waals surface area contributed by atoms with Gasteiger partial charge in [-0.1, -0.05) is 88.6 Å². The van der Waals surface area contributed by atoms with Crippen LogP contribution in [0.25, 0.3) is 21.5 Å². The Kier molecular flexibility index (Phi) is 23.0. The molecule has 88 heavy (non-hydrogen) atoms. The molecule has 0 saturated carbocycles. The summed E-state index contributed by atoms with van der Waals surface area (Å²) in [5.74, 6) is -2.26. The van der Waals surface area contributed by atoms with Gasteiger partial charge in [0.05, 0.1) is 22.4 Å². The van der Waals surface area contributed by atoms with Crippen molar-refractivity contribution in [1.82, 2.24) is 21.3 Å². The zero-order chi connectivity index (χ0) is 64.2. The van der Waals surface area contributed by atoms with Gasteiger partial charge in [0.1, 0.15) is 10.9 Å². The van der Waals surface area contributed by atoms with Gasteiger partial charge in [-0.2, -0.15) is 25.3 Å². The largest absolute Gasteiger partial charge is 0.481 e. The first kappa shape index (κ1) is 68.5. The Morgan fingerprint density at radius 3 is 1.95 bits per heavy atom. The summed E-state index contributed by atoms with van der Waals surface area (Å²) in [6.45, 7) is 11.3. The van der Waals surface area contributed by atoms with E-state index in [0.29, 0.717) is 120 Å². The molecule has 3 aliphatic rings. The van der Waals surface area contributed by atoms with Gasteiger partial charge in [-0.3, -0.25) is 37.6 Å². The number of hydrogen-bond acceptors (Lipinski definition) is 13. The monoisotopic (exact) mass is 1270 g/mol. The van der Waals surface area contributed by atoms with Crippen molar-refractivity contribution in [3.63, 3.8) is 0 Å². The molecule has 0 fully saturated rings. The van der Waals surface area contributed by atoms with Crippen LogP contribution in [0.15, 0.2) is 111 Å². The highest BCUT2D eigenvalue weighted by Crippen LogP contribution is 2.54. The molecule has 3 heterocycles. The smallest absolute Gasteiger partial charge is 0.303 e. The van der Waals surface area contributed by atoms with Gasteiger partial charge in [0.15, 0.2) is 0 Å². The van der Waals surface area contributed by atoms with E-state index in [4.69, 9.17) is 5.11 Å². The fraction of sp³-hybridized carbons (Fsp3) is 0.484. The molecule has 7 rings (SSSR count). The van der Waals surface area contributed by atoms with Crippen molar-refractivity contribution in [2.45, 2.75) is 181 Å². The fourth-order valence-electron chi connectivity index (χ4n) is 12.6. The van der Waals surface area contributed by atoms with Crippen LogP contribution in [-0.4, -0.2) is 118 Å². The summed E-state index contributed by atoms with van der Waals surface area (Å²) in [7, 11) is -14.5. The molecular formula is C64H84N6O15S3. The maximum atomic E-state index is 13.5. The summed E-state index contributed by atoms with van der Waals surface area (Å²) in [6, 6.07) is 11.1. The van der Waals surface area contributed by atoms with E-state index in [1.54, 1.807) is 12.1 Å². The van der Waals surface area contributed by atoms with Crippen molar-refractivity contribution in [3.05, 3.63) is 113 Å². The normalized spacial score (nSPS) is 23.7. The van der Waals surface area contributed by atoms with Gasteiger partial charge >= 0.3 is 5.97 Å². The summed E-state index contributed by atoms with van der Waals surface area (Å²) >= 11 is 0. The maximum absolute atomic E-state index is 13.5. The zero-order valence-electron chi connectivity index (χ0n) is 50.8. The molecule has 4 unspecified atom stereocenters. The molecular weight excluding hydrogens is 1190 g/mol. The molecule has 0 radical (unpaired) electrons. The predicted octanol–water partition coefficient (Wildman–Crippen LogP) is 9.42. The number of nitrogens with one attached hydrogen (secondary N) is 4. The number of aryl methyl sites for hydroxylation is 1. The highest BCUT2D eigenvalue weighted by Gasteiger charge is 2.47. The van der Waals surface area contributed by atoms with Crippen molar-refractivity contribution >= 4 is 92.9 Å². The van der Waals surface area contributed by atoms with Gasteiger partial charge in [-0.25, -0.2) is 0 Å². The second-order valence-corrected chi connectivity index (χ2v) is 27.7. The number of hydrogen-bond donors (Lipinski definition) is 8. The van der Waals surface area contributed by atoms with Gasteiger partial charge in [-0.05, 0) is 160 Å². The zero-order valence-corrected chi connectivity index (χ0v) is 53.2. The predicted molar refractivity (Wildman–Crippen MR) is 339 cm³/mol. The number of fused-ring (bicyclic) bond motifs is 10. The average Bonchev–Trinajstić information content (AvgIpc) is 1.53. The first-order valence-corrected chi connectivity index (χ1v) is 34.7. The second-order valence-electron chi connectivity index (χ2n) is 23.5. The number of benzene rings is 4. The maximum Gasteiger partial charge on any atom is 0.303 e. The van der Waals surface area contributed by atoms with Crippen LogP contribution in [0.2, 0.25) is 0 Å². The molecule has 3 aliphatic heterocycles. The van der Waals surface area contributed by atoms with E-state index in [9.17, 15) is 62.9 Å². The summed E-state index contributed by atoms with van der Waals surface area (Å²) < 4.78 is 107. The van der Waals surface area contributed by atoms with Crippen LogP contribution in [0.4, 0.5) is 11.4 Å². The number of rotatable bonds is 12. The minimum absolute atomic E-state index is 0.0208. The SMILES string of the molecule is CCC1(C)\C2=C/C=C/C=C/C=C/C3N(CCCCCC(=O)NCC(=O)NCCCCC(C(=O)NCCCCCC(=O)O)NC(=O)CCCCCN2c2ccc4c(S(=O)(=O)O)cc(S(=O)(=O)O)cc4c21)c1ccc2c(C)cc(S(=O)(=O)O)cc2c1C3(C)CC. The third-order valence-electron chi connectivity index (χ3n) is 17.5. The highest BCUT2D eigenvalue weighted by atomic mass is 32.2. The number of carbonyl (C=O) groups is 5. The number of amides is 4. The Morgan fingerprint density at radius 1 is 0.648 bits per heavy atom. The summed E-state index contributed by atoms with van der Waals surface area (Å²) in [6.07, 6.45) is 21.2. The van der Waals surface area contributed by atoms with E-state index in [2.05, 4.69) is 57.1 Å². The standard InChI is InChI=1S/C64H84N6O15S3/c1-6-63(4)54-25-14-9-8-10-15-26-55-64(5,7-2)61-49-40-45(87(80,81)82)41-53(88(83,84)85)47(49)31-33-52(61)70(55)37-23-13-17-28-57(72)68-50(62(76)66-35-20-11-18-29-59(74)75)24-19-21-34-65-58(73)42-67-56(71)27-16-12-22-36-69(54)51-32-30-46-43(3)38-44(86(77,78)79)39-48(46)60(51)63/h8-10,14-15,25-26,30-33,38-41,50,54H,6-7,11-13,16-24,27-29,34-37,42H2,1-5H3,(H,65,73)(H,66,76)(H,67,71)(H,68,72)(H,74,75)(H,77,78,79)(H,80,81,82)(H,83,84,85)/b9-8+,15-10+,25-14+,55-26+. The number of carboxylic acid groups (broad SMARTS) is 1. The molecule has 0 spiro atoms. The summed E-state index contributed by atoms with van der Waals surface area (Å²) in [4.78, 5) is 66.6. The fourth-order valence-corrected chi connectivity index (χ4v) is 14.5. The van der Waals surface area contributed by atoms with Gasteiger partial charge in [-0.15, -0.1) is 0 Å². The van der Waals surface area contributed by atoms with Gasteiger partial charge in [0, 0.05) is 78.7 Å². The summed E-state index contributed by atoms with van der Waals surface area (Å²) in [5.41, 5.74) is 3.17. The Morgan fingerprint density at radius 2 is 1.28 bits per heavy atom. The topological polar surface area (TPSA) is 323 Å². The lowest BCUT2D eigenvalue weighted by Gasteiger charge is -2.35. The van der Waals surface area contributed by atoms with Crippen molar-refractivity contribution in [1.29, 1.82) is 0 Å². The van der Waals surface area contributed by atoms with Crippen LogP contribution in [0.1, 0.15) is 154 Å². The molecule has 4 aromatic rings. The van der Waals surface area contributed by atoms with Crippen LogP contribution in [-0.2, 0) is 65.2 Å². The molecule has 478 valence electrons. The number of allylic oxidation sites excluding steroid dienone is 7. The summed E-state index contributed by atoms with van der Waals surface area (Å²) in [5, 5.41) is 22.1. The van der Waals surface area contributed by atoms with E-state index in [-0.39, 0.29) is 84.1 Å². The minimum atomic E-state index is -5.00. The average molecular weight is 1270 g/mol. The van der Waals surface area contributed by atoms with Crippen LogP contribution >= 0.6 is 0 Å². The van der Waals surface area contributed by atoms with Crippen molar-refractivity contribution in [2.75, 3.05) is 42.5 Å². The second kappa shape index (κ2) is 29.6. The third kappa shape index (κ3) is 16.5.